The third-order valence-corrected chi connectivity index (χ3v) is 17.4. The summed E-state index contributed by atoms with van der Waals surface area (Å²) in [4.78, 5) is 4.61. The first-order valence-electron chi connectivity index (χ1n) is 24.7. The number of thiophene rings is 2. The maximum Gasteiger partial charge on any atom is 0.220 e. The molecule has 74 heavy (non-hydrogen) atoms. The summed E-state index contributed by atoms with van der Waals surface area (Å²) in [5.41, 5.74) is 14.0. The lowest BCUT2D eigenvalue weighted by molar-refractivity contribution is 1.14. The molecule has 0 aliphatic heterocycles. The van der Waals surface area contributed by atoms with Gasteiger partial charge in [0, 0.05) is 63.6 Å². The van der Waals surface area contributed by atoms with Gasteiger partial charge in [-0.1, -0.05) is 212 Å². The minimum atomic E-state index is 0.412. The normalized spacial score (nSPS) is 11.8. The molecule has 6 heteroatoms. The molecule has 0 fully saturated rings. The van der Waals surface area contributed by atoms with E-state index in [0.29, 0.717) is 16.8 Å². The number of nitrogens with zero attached hydrogens (tertiary/aromatic N) is 4. The molecule has 0 aliphatic carbocycles. The Balaban J connectivity index is 1.23. The molecular weight excluding hydrogens is 937 g/mol. The zero-order chi connectivity index (χ0) is 49.0. The van der Waals surface area contributed by atoms with Crippen molar-refractivity contribution in [1.29, 1.82) is 5.26 Å². The van der Waals surface area contributed by atoms with Gasteiger partial charge in [0.2, 0.25) is 5.69 Å². The van der Waals surface area contributed by atoms with Gasteiger partial charge in [-0.2, -0.15) is 5.26 Å². The number of hydrogen-bond donors (Lipinski definition) is 0. The lowest BCUT2D eigenvalue weighted by atomic mass is 9.88. The molecule has 0 amide bonds. The average molecular weight is 975 g/mol. The highest BCUT2D eigenvalue weighted by molar-refractivity contribution is 7.27. The quantitative estimate of drug-likeness (QED) is 0.153. The molecule has 0 saturated carbocycles. The number of para-hydroxylation sites is 1. The summed E-state index contributed by atoms with van der Waals surface area (Å²) in [6, 6.07) is 84.3. The highest BCUT2D eigenvalue weighted by Crippen LogP contribution is 2.55. The largest absolute Gasteiger partial charge is 0.318 e. The van der Waals surface area contributed by atoms with Crippen LogP contribution in [0.15, 0.2) is 231 Å². The van der Waals surface area contributed by atoms with Crippen molar-refractivity contribution < 1.29 is 0 Å². The summed E-state index contributed by atoms with van der Waals surface area (Å²) < 4.78 is 9.47. The Hall–Kier alpha value is -9.56. The van der Waals surface area contributed by atoms with Crippen molar-refractivity contribution in [2.24, 2.45) is 0 Å². The van der Waals surface area contributed by atoms with Gasteiger partial charge in [-0.25, -0.2) is 4.85 Å². The predicted molar refractivity (Wildman–Crippen MR) is 314 cm³/mol. The number of rotatable bonds is 6. The van der Waals surface area contributed by atoms with Crippen LogP contribution >= 0.6 is 22.7 Å². The van der Waals surface area contributed by atoms with E-state index in [1.54, 1.807) is 11.3 Å². The minimum absolute atomic E-state index is 0.412. The third kappa shape index (κ3) is 5.99. The molecule has 4 aromatic heterocycles. The summed E-state index contributed by atoms with van der Waals surface area (Å²) in [6.07, 6.45) is 0. The van der Waals surface area contributed by atoms with Crippen molar-refractivity contribution in [3.8, 4) is 62.0 Å². The zero-order valence-electron chi connectivity index (χ0n) is 39.5. The average Bonchev–Trinajstić information content (AvgIpc) is 4.33. The van der Waals surface area contributed by atoms with E-state index in [-0.39, 0.29) is 0 Å². The topological polar surface area (TPSA) is 38.0 Å². The van der Waals surface area contributed by atoms with Crippen molar-refractivity contribution in [2.45, 2.75) is 0 Å². The fourth-order valence-electron chi connectivity index (χ4n) is 11.9. The van der Waals surface area contributed by atoms with Crippen LogP contribution < -0.4 is 0 Å². The highest BCUT2D eigenvalue weighted by Gasteiger charge is 2.33. The molecule has 0 radical (unpaired) electrons. The van der Waals surface area contributed by atoms with Crippen LogP contribution in [-0.4, -0.2) is 9.13 Å². The second-order valence-corrected chi connectivity index (χ2v) is 20.9. The predicted octanol–water partition coefficient (Wildman–Crippen LogP) is 19.7. The summed E-state index contributed by atoms with van der Waals surface area (Å²) in [6.45, 7) is 9.44. The van der Waals surface area contributed by atoms with Crippen LogP contribution in [0.25, 0.3) is 145 Å². The van der Waals surface area contributed by atoms with Gasteiger partial charge in [0.1, 0.15) is 6.07 Å². The van der Waals surface area contributed by atoms with Gasteiger partial charge in [0.15, 0.2) is 0 Å². The Labute approximate surface area is 433 Å². The van der Waals surface area contributed by atoms with Gasteiger partial charge in [0.05, 0.1) is 55.0 Å². The Morgan fingerprint density at radius 2 is 0.865 bits per heavy atom. The van der Waals surface area contributed by atoms with E-state index in [4.69, 9.17) is 0 Å². The minimum Gasteiger partial charge on any atom is -0.318 e. The molecule has 4 nitrogen and oxygen atoms in total. The Morgan fingerprint density at radius 3 is 1.53 bits per heavy atom. The fraction of sp³-hybridized carbons (Fsp3) is 0. The molecule has 0 spiro atoms. The third-order valence-electron chi connectivity index (χ3n) is 15.0. The molecule has 4 heterocycles. The van der Waals surface area contributed by atoms with E-state index < -0.39 is 0 Å². The fourth-order valence-corrected chi connectivity index (χ4v) is 14.5. The summed E-state index contributed by atoms with van der Waals surface area (Å²) in [5, 5.41) is 21.4. The SMILES string of the molecule is [C-]#[N+]c1c(-c2ccccc2)c(C#N)c(-n2c3c(ccc4c5ccccc5sc43)c3ccc4c5cccc(-c6ccccc6)c5sc4c32)c(-c2ccccc2)c1-n1c2ccccc2c2c(-c3ccccc3)cccc21. The van der Waals surface area contributed by atoms with Gasteiger partial charge in [0.25, 0.3) is 0 Å². The molecule has 0 N–H and O–H groups in total. The molecule has 0 aliphatic rings. The van der Waals surface area contributed by atoms with Gasteiger partial charge < -0.3 is 9.13 Å². The van der Waals surface area contributed by atoms with E-state index in [0.717, 1.165) is 103 Å². The Bertz CT molecular complexity index is 4890. The Morgan fingerprint density at radius 1 is 0.378 bits per heavy atom. The van der Waals surface area contributed by atoms with Crippen LogP contribution in [0.4, 0.5) is 5.69 Å². The summed E-state index contributed by atoms with van der Waals surface area (Å²) >= 11 is 3.62. The molecule has 15 rings (SSSR count). The second-order valence-electron chi connectivity index (χ2n) is 18.8. The van der Waals surface area contributed by atoms with Gasteiger partial charge >= 0.3 is 0 Å². The van der Waals surface area contributed by atoms with Crippen LogP contribution in [0, 0.1) is 17.9 Å². The number of nitriles is 1. The first-order valence-corrected chi connectivity index (χ1v) is 26.3. The smallest absolute Gasteiger partial charge is 0.220 e. The number of hydrogen-bond acceptors (Lipinski definition) is 3. The summed E-state index contributed by atoms with van der Waals surface area (Å²) in [5.74, 6) is 0. The monoisotopic (exact) mass is 974 g/mol. The van der Waals surface area contributed by atoms with Crippen molar-refractivity contribution >= 4 is 112 Å². The van der Waals surface area contributed by atoms with Crippen molar-refractivity contribution in [3.63, 3.8) is 0 Å². The zero-order valence-corrected chi connectivity index (χ0v) is 41.2. The number of aromatic nitrogens is 2. The van der Waals surface area contributed by atoms with E-state index in [2.05, 4.69) is 214 Å². The molecule has 0 atom stereocenters. The molecular formula is C68H38N4S2. The maximum atomic E-state index is 12.3. The van der Waals surface area contributed by atoms with E-state index in [1.807, 2.05) is 47.7 Å². The maximum absolute atomic E-state index is 12.3. The second kappa shape index (κ2) is 16.5. The van der Waals surface area contributed by atoms with Crippen LogP contribution in [0.1, 0.15) is 5.56 Å². The van der Waals surface area contributed by atoms with Crippen LogP contribution in [0.3, 0.4) is 0 Å². The van der Waals surface area contributed by atoms with E-state index >= 15 is 0 Å². The first kappa shape index (κ1) is 42.2. The molecule has 0 bridgehead atoms. The van der Waals surface area contributed by atoms with Gasteiger partial charge in [-0.05, 0) is 51.6 Å². The van der Waals surface area contributed by atoms with Crippen molar-refractivity contribution in [3.05, 3.63) is 248 Å². The number of fused-ring (bicyclic) bond motifs is 14. The Kier molecular flexibility index (Phi) is 9.40. The van der Waals surface area contributed by atoms with Gasteiger partial charge in [-0.3, -0.25) is 0 Å². The van der Waals surface area contributed by atoms with Crippen molar-refractivity contribution in [1.82, 2.24) is 9.13 Å². The number of benzene rings is 11. The van der Waals surface area contributed by atoms with Crippen LogP contribution in [0.2, 0.25) is 0 Å². The lowest BCUT2D eigenvalue weighted by Crippen LogP contribution is -2.09. The van der Waals surface area contributed by atoms with Crippen LogP contribution in [0.5, 0.6) is 0 Å². The molecule has 15 aromatic rings. The standard InChI is InChI=1S/C68H38N4S2/c1-70-61-58(43-24-10-4-11-25-43)54(40-69)62(59(44-26-12-5-13-27-44)65(61)71-55-33-16-14-29-53(55)60-45(30-19-34-56(60)71)41-20-6-2-7-21-41)72-63-48(36-38-51-47-28-15-17-35-57(47)73-67(51)63)49-37-39-52-50-32-18-31-46(42-22-8-3-9-23-42)66(50)74-68(52)64(49)72/h2-39H. The van der Waals surface area contributed by atoms with E-state index in [9.17, 15) is 11.8 Å². The molecule has 0 unspecified atom stereocenters. The highest BCUT2D eigenvalue weighted by atomic mass is 32.1. The first-order chi connectivity index (χ1) is 36.7. The lowest BCUT2D eigenvalue weighted by Gasteiger charge is -2.26. The van der Waals surface area contributed by atoms with Crippen LogP contribution in [-0.2, 0) is 0 Å². The molecule has 0 saturated heterocycles. The van der Waals surface area contributed by atoms with Crippen molar-refractivity contribution in [2.75, 3.05) is 0 Å². The molecule has 11 aromatic carbocycles. The van der Waals surface area contributed by atoms with Gasteiger partial charge in [-0.15, -0.1) is 22.7 Å². The van der Waals surface area contributed by atoms with E-state index in [1.165, 1.54) is 31.3 Å². The summed E-state index contributed by atoms with van der Waals surface area (Å²) in [7, 11) is 0. The molecule has 342 valence electrons.